The predicted molar refractivity (Wildman–Crippen MR) is 104 cm³/mol. The molecule has 2 aromatic heterocycles. The molecule has 9 heteroatoms. The predicted octanol–water partition coefficient (Wildman–Crippen LogP) is 4.68. The van der Waals surface area contributed by atoms with Crippen LogP contribution >= 0.6 is 11.6 Å². The smallest absolute Gasteiger partial charge is 0.435 e. The molecule has 0 bridgehead atoms. The van der Waals surface area contributed by atoms with Gasteiger partial charge in [-0.25, -0.2) is 14.2 Å². The number of anilines is 2. The van der Waals surface area contributed by atoms with Crippen molar-refractivity contribution in [1.29, 1.82) is 0 Å². The van der Waals surface area contributed by atoms with Crippen LogP contribution in [0, 0.1) is 5.82 Å². The van der Waals surface area contributed by atoms with E-state index in [1.54, 1.807) is 57.2 Å². The zero-order chi connectivity index (χ0) is 20.5. The zero-order valence-electron chi connectivity index (χ0n) is 15.8. The van der Waals surface area contributed by atoms with Gasteiger partial charge in [-0.2, -0.15) is 14.8 Å². The van der Waals surface area contributed by atoms with Crippen LogP contribution in [0.25, 0.3) is 11.1 Å². The summed E-state index contributed by atoms with van der Waals surface area (Å²) < 4.78 is 20.4. The van der Waals surface area contributed by atoms with Gasteiger partial charge in [0, 0.05) is 24.5 Å². The van der Waals surface area contributed by atoms with E-state index in [2.05, 4.69) is 15.1 Å². The van der Waals surface area contributed by atoms with Gasteiger partial charge in [-0.05, 0) is 50.1 Å². The van der Waals surface area contributed by atoms with Crippen LogP contribution in [0.3, 0.4) is 0 Å². The van der Waals surface area contributed by atoms with Crippen molar-refractivity contribution >= 4 is 29.2 Å². The highest BCUT2D eigenvalue weighted by Gasteiger charge is 2.19. The second-order valence-corrected chi connectivity index (χ2v) is 7.41. The summed E-state index contributed by atoms with van der Waals surface area (Å²) in [6.07, 6.45) is 3.65. The van der Waals surface area contributed by atoms with E-state index >= 15 is 0 Å². The van der Waals surface area contributed by atoms with E-state index in [1.807, 2.05) is 12.1 Å². The second-order valence-electron chi connectivity index (χ2n) is 7.07. The highest BCUT2D eigenvalue weighted by atomic mass is 35.5. The Morgan fingerprint density at radius 3 is 2.50 bits per heavy atom. The monoisotopic (exact) mass is 403 g/mol. The third kappa shape index (κ3) is 4.45. The number of aromatic nitrogens is 4. The van der Waals surface area contributed by atoms with Crippen molar-refractivity contribution in [2.24, 2.45) is 0 Å². The summed E-state index contributed by atoms with van der Waals surface area (Å²) >= 11 is 5.76. The SMILES string of the molecule is CN(c1ccc(-c2cnn(C(=O)OC(C)(C)C)c2)cc1)c1nc(Cl)ncc1F. The molecule has 7 nitrogen and oxygen atoms in total. The molecule has 1 aromatic carbocycles. The fourth-order valence-electron chi connectivity index (χ4n) is 2.45. The van der Waals surface area contributed by atoms with E-state index < -0.39 is 17.5 Å². The van der Waals surface area contributed by atoms with Crippen molar-refractivity contribution < 1.29 is 13.9 Å². The van der Waals surface area contributed by atoms with E-state index in [4.69, 9.17) is 16.3 Å². The van der Waals surface area contributed by atoms with Crippen molar-refractivity contribution in [1.82, 2.24) is 19.7 Å². The molecule has 0 amide bonds. The molecular weight excluding hydrogens is 385 g/mol. The van der Waals surface area contributed by atoms with Crippen LogP contribution in [0.15, 0.2) is 42.9 Å². The highest BCUT2D eigenvalue weighted by molar-refractivity contribution is 6.28. The number of benzene rings is 1. The number of hydrogen-bond acceptors (Lipinski definition) is 6. The number of halogens is 2. The number of carbonyl (C=O) groups excluding carboxylic acids is 1. The Hall–Kier alpha value is -3.00. The zero-order valence-corrected chi connectivity index (χ0v) is 16.6. The molecule has 0 spiro atoms. The molecule has 0 saturated carbocycles. The van der Waals surface area contributed by atoms with Crippen LogP contribution in [0.2, 0.25) is 5.28 Å². The number of hydrogen-bond donors (Lipinski definition) is 0. The Balaban J connectivity index is 1.80. The van der Waals surface area contributed by atoms with Crippen LogP contribution in [0.5, 0.6) is 0 Å². The molecule has 0 N–H and O–H groups in total. The number of ether oxygens (including phenoxy) is 1. The summed E-state index contributed by atoms with van der Waals surface area (Å²) in [4.78, 5) is 21.2. The Kier molecular flexibility index (Phi) is 5.33. The molecule has 0 aliphatic carbocycles. The van der Waals surface area contributed by atoms with Gasteiger partial charge in [0.15, 0.2) is 11.6 Å². The lowest BCUT2D eigenvalue weighted by molar-refractivity contribution is 0.0514. The average molecular weight is 404 g/mol. The third-order valence-corrected chi connectivity index (χ3v) is 3.95. The van der Waals surface area contributed by atoms with Crippen LogP contribution < -0.4 is 4.90 Å². The quantitative estimate of drug-likeness (QED) is 0.591. The van der Waals surface area contributed by atoms with E-state index in [-0.39, 0.29) is 11.1 Å². The lowest BCUT2D eigenvalue weighted by atomic mass is 10.1. The Morgan fingerprint density at radius 1 is 1.18 bits per heavy atom. The van der Waals surface area contributed by atoms with Gasteiger partial charge < -0.3 is 9.64 Å². The maximum absolute atomic E-state index is 14.0. The number of rotatable bonds is 3. The minimum atomic E-state index is -0.603. The van der Waals surface area contributed by atoms with Crippen LogP contribution in [-0.4, -0.2) is 38.5 Å². The molecule has 3 rings (SSSR count). The van der Waals surface area contributed by atoms with Gasteiger partial charge >= 0.3 is 6.09 Å². The molecule has 0 aliphatic heterocycles. The van der Waals surface area contributed by atoms with Gasteiger partial charge in [0.1, 0.15) is 5.60 Å². The third-order valence-electron chi connectivity index (χ3n) is 3.76. The molecule has 0 unspecified atom stereocenters. The van der Waals surface area contributed by atoms with Gasteiger partial charge in [0.05, 0.1) is 12.4 Å². The van der Waals surface area contributed by atoms with Gasteiger partial charge in [-0.15, -0.1) is 0 Å². The van der Waals surface area contributed by atoms with Crippen LogP contribution in [-0.2, 0) is 4.74 Å². The highest BCUT2D eigenvalue weighted by Crippen LogP contribution is 2.27. The summed E-state index contributed by atoms with van der Waals surface area (Å²) in [5, 5.41) is 4.02. The van der Waals surface area contributed by atoms with E-state index in [0.717, 1.165) is 22.0 Å². The normalized spacial score (nSPS) is 11.4. The molecule has 0 saturated heterocycles. The van der Waals surface area contributed by atoms with Crippen molar-refractivity contribution in [3.8, 4) is 11.1 Å². The number of carbonyl (C=O) groups is 1. The molecule has 3 aromatic rings. The summed E-state index contributed by atoms with van der Waals surface area (Å²) in [5.74, 6) is -0.500. The molecule has 0 fully saturated rings. The van der Waals surface area contributed by atoms with E-state index in [1.165, 1.54) is 0 Å². The molecule has 0 aliphatic rings. The lowest BCUT2D eigenvalue weighted by Gasteiger charge is -2.19. The molecule has 0 atom stereocenters. The van der Waals surface area contributed by atoms with Gasteiger partial charge in [-0.1, -0.05) is 12.1 Å². The lowest BCUT2D eigenvalue weighted by Crippen LogP contribution is -2.27. The average Bonchev–Trinajstić information content (AvgIpc) is 3.12. The second kappa shape index (κ2) is 7.55. The van der Waals surface area contributed by atoms with Gasteiger partial charge in [0.2, 0.25) is 5.28 Å². The number of nitrogens with zero attached hydrogens (tertiary/aromatic N) is 5. The van der Waals surface area contributed by atoms with Crippen molar-refractivity contribution in [3.63, 3.8) is 0 Å². The Morgan fingerprint density at radius 2 is 1.86 bits per heavy atom. The van der Waals surface area contributed by atoms with Crippen molar-refractivity contribution in [3.05, 3.63) is 54.0 Å². The minimum absolute atomic E-state index is 0.0329. The van der Waals surface area contributed by atoms with Crippen LogP contribution in [0.4, 0.5) is 20.7 Å². The summed E-state index contributed by atoms with van der Waals surface area (Å²) in [7, 11) is 1.68. The summed E-state index contributed by atoms with van der Waals surface area (Å²) in [5.41, 5.74) is 1.69. The topological polar surface area (TPSA) is 73.1 Å². The standard InChI is InChI=1S/C19H19ClFN5O2/c1-19(2,3)28-18(27)26-11-13(9-23-26)12-5-7-14(8-6-12)25(4)16-15(21)10-22-17(20)24-16/h5-11H,1-4H3. The molecular formula is C19H19ClFN5O2. The van der Waals surface area contributed by atoms with Gasteiger partial charge in [-0.3, -0.25) is 0 Å². The first-order valence-corrected chi connectivity index (χ1v) is 8.82. The summed E-state index contributed by atoms with van der Waals surface area (Å²) in [6.45, 7) is 5.37. The largest absolute Gasteiger partial charge is 0.442 e. The summed E-state index contributed by atoms with van der Waals surface area (Å²) in [6, 6.07) is 7.27. The first-order valence-electron chi connectivity index (χ1n) is 8.44. The minimum Gasteiger partial charge on any atom is -0.442 e. The Labute approximate surface area is 166 Å². The van der Waals surface area contributed by atoms with Crippen molar-refractivity contribution in [2.75, 3.05) is 11.9 Å². The molecule has 146 valence electrons. The fourth-order valence-corrected chi connectivity index (χ4v) is 2.58. The maximum Gasteiger partial charge on any atom is 0.435 e. The van der Waals surface area contributed by atoms with E-state index in [9.17, 15) is 9.18 Å². The first-order chi connectivity index (χ1) is 13.1. The van der Waals surface area contributed by atoms with Crippen LogP contribution in [0.1, 0.15) is 20.8 Å². The van der Waals surface area contributed by atoms with E-state index in [0.29, 0.717) is 5.69 Å². The molecule has 0 radical (unpaired) electrons. The molecule has 28 heavy (non-hydrogen) atoms. The Bertz CT molecular complexity index is 998. The first kappa shape index (κ1) is 19.8. The fraction of sp³-hybridized carbons (Fsp3) is 0.263. The van der Waals surface area contributed by atoms with Crippen molar-refractivity contribution in [2.45, 2.75) is 26.4 Å². The maximum atomic E-state index is 14.0. The van der Waals surface area contributed by atoms with Gasteiger partial charge in [0.25, 0.3) is 0 Å². The molecule has 2 heterocycles.